The molecule has 22 heavy (non-hydrogen) atoms. The van der Waals surface area contributed by atoms with E-state index < -0.39 is 0 Å². The molecular weight excluding hydrogens is 282 g/mol. The number of hydrogen-bond donors (Lipinski definition) is 0. The largest absolute Gasteiger partial charge is 0.496 e. The fourth-order valence-electron chi connectivity index (χ4n) is 2.43. The Morgan fingerprint density at radius 1 is 1.18 bits per heavy atom. The van der Waals surface area contributed by atoms with Crippen molar-refractivity contribution in [1.82, 2.24) is 14.5 Å². The molecule has 0 amide bonds. The van der Waals surface area contributed by atoms with E-state index in [-0.39, 0.29) is 12.4 Å². The minimum atomic E-state index is -0.320. The number of carbonyl (C=O) groups excluding carboxylic acids is 1. The number of benzene rings is 1. The monoisotopic (exact) mass is 297 g/mol. The third-order valence-electron chi connectivity index (χ3n) is 3.41. The molecule has 6 nitrogen and oxygen atoms in total. The molecule has 2 heterocycles. The van der Waals surface area contributed by atoms with Gasteiger partial charge < -0.3 is 9.47 Å². The van der Waals surface area contributed by atoms with Crippen molar-refractivity contribution in [2.45, 2.75) is 6.42 Å². The van der Waals surface area contributed by atoms with Crippen LogP contribution >= 0.6 is 0 Å². The van der Waals surface area contributed by atoms with Crippen molar-refractivity contribution < 1.29 is 14.3 Å². The van der Waals surface area contributed by atoms with Crippen molar-refractivity contribution in [2.24, 2.45) is 0 Å². The van der Waals surface area contributed by atoms with Gasteiger partial charge in [-0.05, 0) is 24.3 Å². The Morgan fingerprint density at radius 2 is 1.95 bits per heavy atom. The first-order valence-electron chi connectivity index (χ1n) is 6.76. The molecular formula is C16H15N3O3. The molecule has 0 aliphatic heterocycles. The molecule has 2 aromatic heterocycles. The number of fused-ring (bicyclic) bond motifs is 1. The van der Waals surface area contributed by atoms with Crippen LogP contribution in [0.25, 0.3) is 16.9 Å². The summed E-state index contributed by atoms with van der Waals surface area (Å²) in [5.74, 6) is 0.918. The zero-order chi connectivity index (χ0) is 15.5. The average molecular weight is 297 g/mol. The zero-order valence-electron chi connectivity index (χ0n) is 12.3. The first kappa shape index (κ1) is 14.1. The fourth-order valence-corrected chi connectivity index (χ4v) is 2.43. The van der Waals surface area contributed by atoms with Gasteiger partial charge in [0.25, 0.3) is 0 Å². The normalized spacial score (nSPS) is 10.6. The highest BCUT2D eigenvalue weighted by Crippen LogP contribution is 2.30. The summed E-state index contributed by atoms with van der Waals surface area (Å²) in [6, 6.07) is 9.36. The number of hydrogen-bond acceptors (Lipinski definition) is 5. The number of nitrogens with zero attached hydrogens (tertiary/aromatic N) is 3. The van der Waals surface area contributed by atoms with Crippen LogP contribution in [0.5, 0.6) is 5.75 Å². The topological polar surface area (TPSA) is 66.2 Å². The predicted octanol–water partition coefficient (Wildman–Crippen LogP) is 2.14. The predicted molar refractivity (Wildman–Crippen MR) is 81.1 cm³/mol. The van der Waals surface area contributed by atoms with Crippen LogP contribution in [-0.4, -0.2) is 34.7 Å². The summed E-state index contributed by atoms with van der Waals surface area (Å²) in [7, 11) is 2.99. The lowest BCUT2D eigenvalue weighted by atomic mass is 10.2. The van der Waals surface area contributed by atoms with E-state index in [1.165, 1.54) is 7.11 Å². The molecule has 0 unspecified atom stereocenters. The van der Waals surface area contributed by atoms with Crippen molar-refractivity contribution in [3.05, 3.63) is 48.4 Å². The highest BCUT2D eigenvalue weighted by molar-refractivity contribution is 5.89. The van der Waals surface area contributed by atoms with E-state index in [0.29, 0.717) is 5.95 Å². The number of aromatic nitrogens is 3. The maximum absolute atomic E-state index is 11.7. The second-order valence-electron chi connectivity index (χ2n) is 4.67. The Hall–Kier alpha value is -2.89. The van der Waals surface area contributed by atoms with Gasteiger partial charge in [-0.3, -0.25) is 9.36 Å². The molecule has 3 aromatic rings. The first-order chi connectivity index (χ1) is 10.7. The van der Waals surface area contributed by atoms with Crippen molar-refractivity contribution in [3.8, 4) is 11.7 Å². The number of methoxy groups -OCH3 is 2. The molecule has 0 atom stereocenters. The van der Waals surface area contributed by atoms with Crippen LogP contribution in [0.15, 0.2) is 42.7 Å². The maximum atomic E-state index is 11.7. The minimum Gasteiger partial charge on any atom is -0.496 e. The second-order valence-corrected chi connectivity index (χ2v) is 4.67. The van der Waals surface area contributed by atoms with E-state index in [2.05, 4.69) is 9.97 Å². The van der Waals surface area contributed by atoms with Crippen LogP contribution < -0.4 is 4.74 Å². The molecule has 3 rings (SSSR count). The van der Waals surface area contributed by atoms with Gasteiger partial charge in [-0.1, -0.05) is 6.07 Å². The van der Waals surface area contributed by atoms with Crippen LogP contribution in [0.4, 0.5) is 0 Å². The lowest BCUT2D eigenvalue weighted by Crippen LogP contribution is -2.10. The second kappa shape index (κ2) is 5.85. The van der Waals surface area contributed by atoms with Gasteiger partial charge in [-0.25, -0.2) is 9.97 Å². The number of carbonyl (C=O) groups is 1. The van der Waals surface area contributed by atoms with E-state index in [4.69, 9.17) is 9.47 Å². The molecule has 112 valence electrons. The highest BCUT2D eigenvalue weighted by atomic mass is 16.5. The Bertz CT molecular complexity index is 812. The van der Waals surface area contributed by atoms with Crippen LogP contribution in [0.2, 0.25) is 0 Å². The van der Waals surface area contributed by atoms with E-state index >= 15 is 0 Å². The summed E-state index contributed by atoms with van der Waals surface area (Å²) in [6.07, 6.45) is 3.46. The minimum absolute atomic E-state index is 0.132. The lowest BCUT2D eigenvalue weighted by Gasteiger charge is -2.08. The average Bonchev–Trinajstić information content (AvgIpc) is 2.93. The van der Waals surface area contributed by atoms with Crippen LogP contribution in [0, 0.1) is 0 Å². The van der Waals surface area contributed by atoms with E-state index in [0.717, 1.165) is 22.3 Å². The number of ether oxygens (including phenoxy) is 2. The van der Waals surface area contributed by atoms with Crippen LogP contribution in [0.1, 0.15) is 5.69 Å². The van der Waals surface area contributed by atoms with Gasteiger partial charge in [0, 0.05) is 23.5 Å². The third-order valence-corrected chi connectivity index (χ3v) is 3.41. The molecule has 0 radical (unpaired) electrons. The molecule has 6 heteroatoms. The summed E-state index contributed by atoms with van der Waals surface area (Å²) in [5.41, 5.74) is 1.63. The van der Waals surface area contributed by atoms with Gasteiger partial charge in [-0.15, -0.1) is 0 Å². The van der Waals surface area contributed by atoms with Crippen molar-refractivity contribution in [1.29, 1.82) is 0 Å². The van der Waals surface area contributed by atoms with Gasteiger partial charge in [0.2, 0.25) is 5.95 Å². The van der Waals surface area contributed by atoms with E-state index in [1.807, 2.05) is 28.8 Å². The molecule has 0 saturated heterocycles. The Labute approximate surface area is 127 Å². The smallest absolute Gasteiger partial charge is 0.311 e. The number of esters is 1. The summed E-state index contributed by atoms with van der Waals surface area (Å²) in [6.45, 7) is 0. The highest BCUT2D eigenvalue weighted by Gasteiger charge is 2.17. The molecule has 0 aliphatic carbocycles. The van der Waals surface area contributed by atoms with Crippen molar-refractivity contribution in [3.63, 3.8) is 0 Å². The molecule has 0 fully saturated rings. The van der Waals surface area contributed by atoms with E-state index in [1.54, 1.807) is 25.6 Å². The van der Waals surface area contributed by atoms with Gasteiger partial charge >= 0.3 is 5.97 Å². The molecule has 0 aliphatic rings. The summed E-state index contributed by atoms with van der Waals surface area (Å²) >= 11 is 0. The van der Waals surface area contributed by atoms with E-state index in [9.17, 15) is 4.79 Å². The summed E-state index contributed by atoms with van der Waals surface area (Å²) < 4.78 is 12.0. The molecule has 0 bridgehead atoms. The molecule has 1 aromatic carbocycles. The Kier molecular flexibility index (Phi) is 3.74. The van der Waals surface area contributed by atoms with Gasteiger partial charge in [-0.2, -0.15) is 0 Å². The third kappa shape index (κ3) is 2.39. The van der Waals surface area contributed by atoms with Gasteiger partial charge in [0.15, 0.2) is 0 Å². The Morgan fingerprint density at radius 3 is 2.64 bits per heavy atom. The van der Waals surface area contributed by atoms with Crippen molar-refractivity contribution in [2.75, 3.05) is 14.2 Å². The maximum Gasteiger partial charge on any atom is 0.311 e. The molecule has 0 N–H and O–H groups in total. The lowest BCUT2D eigenvalue weighted by molar-refractivity contribution is -0.139. The van der Waals surface area contributed by atoms with Crippen molar-refractivity contribution >= 4 is 16.9 Å². The zero-order valence-corrected chi connectivity index (χ0v) is 12.3. The quantitative estimate of drug-likeness (QED) is 0.690. The summed E-state index contributed by atoms with van der Waals surface area (Å²) in [5, 5.41) is 0.899. The van der Waals surface area contributed by atoms with Crippen LogP contribution in [-0.2, 0) is 16.0 Å². The van der Waals surface area contributed by atoms with Gasteiger partial charge in [0.05, 0.1) is 26.2 Å². The fraction of sp³-hybridized carbons (Fsp3) is 0.188. The molecule has 0 spiro atoms. The molecule has 0 saturated carbocycles. The van der Waals surface area contributed by atoms with Crippen LogP contribution in [0.3, 0.4) is 0 Å². The number of rotatable bonds is 4. The summed E-state index contributed by atoms with van der Waals surface area (Å²) in [4.78, 5) is 20.2. The van der Waals surface area contributed by atoms with Gasteiger partial charge in [0.1, 0.15) is 5.75 Å². The standard InChI is InChI=1S/C16H15N3O3/c1-21-14-6-3-5-13-12(14)9-11(10-15(20)22-2)19(13)16-17-7-4-8-18-16/h3-9H,10H2,1-2H3. The SMILES string of the molecule is COC(=O)Cc1cc2c(OC)cccc2n1-c1ncccn1. The Balaban J connectivity index is 2.26. The first-order valence-corrected chi connectivity index (χ1v) is 6.76.